The average molecular weight is 505 g/mol. The summed E-state index contributed by atoms with van der Waals surface area (Å²) in [4.78, 5) is 12.3. The van der Waals surface area contributed by atoms with Crippen molar-refractivity contribution in [1.29, 1.82) is 0 Å². The van der Waals surface area contributed by atoms with Gasteiger partial charge in [-0.05, 0) is 94.9 Å². The van der Waals surface area contributed by atoms with Crippen LogP contribution in [0.4, 0.5) is 0 Å². The van der Waals surface area contributed by atoms with Crippen molar-refractivity contribution in [2.24, 2.45) is 0 Å². The lowest BCUT2D eigenvalue weighted by Gasteiger charge is -2.11. The number of hydrogen-bond acceptors (Lipinski definition) is 3. The molecule has 5 heteroatoms. The summed E-state index contributed by atoms with van der Waals surface area (Å²) in [6.07, 6.45) is 3.33. The fraction of sp³-hybridized carbons (Fsp3) is 0.0870. The van der Waals surface area contributed by atoms with Crippen LogP contribution in [-0.4, -0.2) is 12.9 Å². The number of allylic oxidation sites excluding steroid dienone is 1. The second kappa shape index (κ2) is 9.75. The lowest BCUT2D eigenvalue weighted by molar-refractivity contribution is 0.104. The molecular weight excluding hydrogens is 487 g/mol. The molecule has 0 aliphatic carbocycles. The van der Waals surface area contributed by atoms with E-state index in [1.807, 2.05) is 42.5 Å². The third-order valence-corrected chi connectivity index (χ3v) is 5.04. The molecule has 0 saturated heterocycles. The summed E-state index contributed by atoms with van der Waals surface area (Å²) >= 11 is 8.12. The van der Waals surface area contributed by atoms with E-state index >= 15 is 0 Å². The Balaban J connectivity index is 1.73. The van der Waals surface area contributed by atoms with Gasteiger partial charge < -0.3 is 9.47 Å². The van der Waals surface area contributed by atoms with Crippen molar-refractivity contribution in [3.8, 4) is 11.5 Å². The molecule has 0 bridgehead atoms. The van der Waals surface area contributed by atoms with Gasteiger partial charge in [0.05, 0.1) is 7.11 Å². The monoisotopic (exact) mass is 504 g/mol. The lowest BCUT2D eigenvalue weighted by atomic mass is 10.1. The Morgan fingerprint density at radius 3 is 2.43 bits per heavy atom. The van der Waals surface area contributed by atoms with Crippen LogP contribution >= 0.6 is 34.2 Å². The normalized spacial score (nSPS) is 10.8. The van der Waals surface area contributed by atoms with E-state index in [0.717, 1.165) is 26.2 Å². The summed E-state index contributed by atoms with van der Waals surface area (Å²) in [7, 11) is 1.63. The first-order chi connectivity index (χ1) is 13.5. The fourth-order valence-electron chi connectivity index (χ4n) is 2.59. The minimum atomic E-state index is -0.0795. The lowest BCUT2D eigenvalue weighted by Crippen LogP contribution is -1.99. The predicted molar refractivity (Wildman–Crippen MR) is 121 cm³/mol. The van der Waals surface area contributed by atoms with Gasteiger partial charge in [-0.25, -0.2) is 0 Å². The Labute approximate surface area is 183 Å². The van der Waals surface area contributed by atoms with E-state index in [9.17, 15) is 4.79 Å². The van der Waals surface area contributed by atoms with Gasteiger partial charge in [-0.1, -0.05) is 23.7 Å². The molecule has 3 nitrogen and oxygen atoms in total. The highest BCUT2D eigenvalue weighted by Crippen LogP contribution is 2.23. The number of carbonyl (C=O) groups is 1. The molecule has 0 aromatic heterocycles. The Kier molecular flexibility index (Phi) is 7.12. The van der Waals surface area contributed by atoms with Gasteiger partial charge in [0.15, 0.2) is 5.78 Å². The van der Waals surface area contributed by atoms with E-state index in [1.54, 1.807) is 43.5 Å². The highest BCUT2D eigenvalue weighted by Gasteiger charge is 2.06. The van der Waals surface area contributed by atoms with E-state index in [0.29, 0.717) is 17.2 Å². The average Bonchev–Trinajstić information content (AvgIpc) is 2.72. The first-order valence-electron chi connectivity index (χ1n) is 8.58. The van der Waals surface area contributed by atoms with Crippen molar-refractivity contribution >= 4 is 46.1 Å². The zero-order valence-corrected chi connectivity index (χ0v) is 18.1. The van der Waals surface area contributed by atoms with Gasteiger partial charge in [0.25, 0.3) is 0 Å². The molecule has 0 fully saturated rings. The molecule has 0 heterocycles. The molecule has 0 N–H and O–H groups in total. The second-order valence-electron chi connectivity index (χ2n) is 6.02. The van der Waals surface area contributed by atoms with E-state index in [4.69, 9.17) is 21.1 Å². The number of ketones is 1. The van der Waals surface area contributed by atoms with Crippen molar-refractivity contribution in [3.63, 3.8) is 0 Å². The van der Waals surface area contributed by atoms with Gasteiger partial charge in [-0.3, -0.25) is 4.79 Å². The maximum Gasteiger partial charge on any atom is 0.185 e. The SMILES string of the molecule is COc1ccc(/C=C/C(=O)c2ccc(Cl)cc2)cc1COc1ccc(I)cc1. The number of carbonyl (C=O) groups excluding carboxylic acids is 1. The van der Waals surface area contributed by atoms with Gasteiger partial charge >= 0.3 is 0 Å². The standard InChI is InChI=1S/C23H18ClIO3/c1-27-23-13-3-16(2-12-22(26)17-4-6-19(24)7-5-17)14-18(23)15-28-21-10-8-20(25)9-11-21/h2-14H,15H2,1H3/b12-2+. The smallest absolute Gasteiger partial charge is 0.185 e. The van der Waals surface area contributed by atoms with Crippen LogP contribution in [0.1, 0.15) is 21.5 Å². The maximum absolute atomic E-state index is 12.3. The van der Waals surface area contributed by atoms with Crippen LogP contribution in [-0.2, 0) is 6.61 Å². The summed E-state index contributed by atoms with van der Waals surface area (Å²) in [5.74, 6) is 1.46. The Morgan fingerprint density at radius 1 is 1.04 bits per heavy atom. The van der Waals surface area contributed by atoms with Gasteiger partial charge in [0, 0.05) is 19.7 Å². The van der Waals surface area contributed by atoms with Crippen LogP contribution in [0.25, 0.3) is 6.08 Å². The Bertz CT molecular complexity index is 980. The van der Waals surface area contributed by atoms with Crippen LogP contribution in [0, 0.1) is 3.57 Å². The summed E-state index contributed by atoms with van der Waals surface area (Å²) in [5.41, 5.74) is 2.39. The summed E-state index contributed by atoms with van der Waals surface area (Å²) in [6, 6.07) is 20.4. The van der Waals surface area contributed by atoms with Crippen molar-refractivity contribution in [1.82, 2.24) is 0 Å². The van der Waals surface area contributed by atoms with E-state index in [-0.39, 0.29) is 5.78 Å². The Hall–Kier alpha value is -2.31. The molecule has 142 valence electrons. The predicted octanol–water partition coefficient (Wildman–Crippen LogP) is 6.43. The minimum absolute atomic E-state index is 0.0795. The second-order valence-corrected chi connectivity index (χ2v) is 7.70. The molecule has 3 aromatic carbocycles. The molecule has 0 atom stereocenters. The molecule has 0 amide bonds. The van der Waals surface area contributed by atoms with Gasteiger partial charge in [0.1, 0.15) is 18.1 Å². The maximum atomic E-state index is 12.3. The molecule has 3 rings (SSSR count). The summed E-state index contributed by atoms with van der Waals surface area (Å²) < 4.78 is 12.4. The number of hydrogen-bond donors (Lipinski definition) is 0. The molecule has 0 spiro atoms. The number of halogens is 2. The molecule has 0 aliphatic rings. The number of benzene rings is 3. The van der Waals surface area contributed by atoms with E-state index in [1.165, 1.54) is 0 Å². The van der Waals surface area contributed by atoms with Gasteiger partial charge in [-0.15, -0.1) is 0 Å². The van der Waals surface area contributed by atoms with Crippen LogP contribution in [0.5, 0.6) is 11.5 Å². The number of methoxy groups -OCH3 is 1. The van der Waals surface area contributed by atoms with Gasteiger partial charge in [-0.2, -0.15) is 0 Å². The van der Waals surface area contributed by atoms with E-state index < -0.39 is 0 Å². The highest BCUT2D eigenvalue weighted by molar-refractivity contribution is 14.1. The first kappa shape index (κ1) is 20.4. The molecular formula is C23H18ClIO3. The number of rotatable bonds is 7. The molecule has 3 aromatic rings. The minimum Gasteiger partial charge on any atom is -0.496 e. The summed E-state index contributed by atoms with van der Waals surface area (Å²) in [6.45, 7) is 0.372. The van der Waals surface area contributed by atoms with Crippen molar-refractivity contribution in [3.05, 3.63) is 98.1 Å². The zero-order valence-electron chi connectivity index (χ0n) is 15.2. The molecule has 0 saturated carbocycles. The van der Waals surface area contributed by atoms with Crippen molar-refractivity contribution < 1.29 is 14.3 Å². The molecule has 0 radical (unpaired) electrons. The van der Waals surface area contributed by atoms with Crippen LogP contribution < -0.4 is 9.47 Å². The highest BCUT2D eigenvalue weighted by atomic mass is 127. The van der Waals surface area contributed by atoms with Crippen LogP contribution in [0.2, 0.25) is 5.02 Å². The topological polar surface area (TPSA) is 35.5 Å². The molecule has 0 aliphatic heterocycles. The Morgan fingerprint density at radius 2 is 1.75 bits per heavy atom. The zero-order chi connectivity index (χ0) is 19.9. The third-order valence-electron chi connectivity index (χ3n) is 4.07. The van der Waals surface area contributed by atoms with E-state index in [2.05, 4.69) is 22.6 Å². The number of ether oxygens (including phenoxy) is 2. The fourth-order valence-corrected chi connectivity index (χ4v) is 3.07. The quantitative estimate of drug-likeness (QED) is 0.211. The van der Waals surface area contributed by atoms with Crippen LogP contribution in [0.3, 0.4) is 0 Å². The van der Waals surface area contributed by atoms with Gasteiger partial charge in [0.2, 0.25) is 0 Å². The largest absolute Gasteiger partial charge is 0.496 e. The molecule has 0 unspecified atom stereocenters. The first-order valence-corrected chi connectivity index (χ1v) is 10.0. The van der Waals surface area contributed by atoms with Crippen LogP contribution in [0.15, 0.2) is 72.8 Å². The third kappa shape index (κ3) is 5.59. The molecule has 28 heavy (non-hydrogen) atoms. The van der Waals surface area contributed by atoms with Crippen molar-refractivity contribution in [2.75, 3.05) is 7.11 Å². The van der Waals surface area contributed by atoms with Crippen molar-refractivity contribution in [2.45, 2.75) is 6.61 Å². The summed E-state index contributed by atoms with van der Waals surface area (Å²) in [5, 5.41) is 0.605.